The molecule has 0 N–H and O–H groups in total. The summed E-state index contributed by atoms with van der Waals surface area (Å²) in [5, 5.41) is 0.727. The molecule has 2 aromatic carbocycles. The highest BCUT2D eigenvalue weighted by Crippen LogP contribution is 2.24. The van der Waals surface area contributed by atoms with E-state index in [9.17, 15) is 4.79 Å². The van der Waals surface area contributed by atoms with E-state index in [1.807, 2.05) is 49.8 Å². The standard InChI is InChI=1S/C24H25N5O2/c1-27-23(30)21-8-7-19(15-22(21)29(27)10-9-18-5-3-2-4-6-18)20-16-25-24(26-17-20)28-11-13-31-14-12-28/h2-8,15-17H,9-14H2,1H3. The van der Waals surface area contributed by atoms with E-state index in [0.717, 1.165) is 54.0 Å². The number of nitrogens with zero attached hydrogens (tertiary/aromatic N) is 5. The Bertz CT molecular complexity index is 1240. The Labute approximate surface area is 180 Å². The largest absolute Gasteiger partial charge is 0.378 e. The number of benzene rings is 2. The van der Waals surface area contributed by atoms with Gasteiger partial charge in [-0.15, -0.1) is 0 Å². The summed E-state index contributed by atoms with van der Waals surface area (Å²) in [7, 11) is 1.83. The second-order valence-electron chi connectivity index (χ2n) is 7.79. The lowest BCUT2D eigenvalue weighted by Crippen LogP contribution is -2.37. The van der Waals surface area contributed by atoms with Crippen molar-refractivity contribution in [2.24, 2.45) is 7.05 Å². The molecule has 0 amide bonds. The van der Waals surface area contributed by atoms with Crippen molar-refractivity contribution in [3.05, 3.63) is 76.8 Å². The molecule has 0 radical (unpaired) electrons. The molecule has 4 aromatic rings. The van der Waals surface area contributed by atoms with Gasteiger partial charge < -0.3 is 9.64 Å². The van der Waals surface area contributed by atoms with Crippen LogP contribution < -0.4 is 10.5 Å². The van der Waals surface area contributed by atoms with Crippen molar-refractivity contribution >= 4 is 16.9 Å². The van der Waals surface area contributed by atoms with Gasteiger partial charge in [-0.25, -0.2) is 9.97 Å². The van der Waals surface area contributed by atoms with Crippen LogP contribution in [0.2, 0.25) is 0 Å². The summed E-state index contributed by atoms with van der Waals surface area (Å²) in [6, 6.07) is 16.3. The van der Waals surface area contributed by atoms with Crippen molar-refractivity contribution in [1.29, 1.82) is 0 Å². The average Bonchev–Trinajstić information content (AvgIpc) is 3.08. The zero-order chi connectivity index (χ0) is 21.2. The topological polar surface area (TPSA) is 65.2 Å². The zero-order valence-electron chi connectivity index (χ0n) is 17.6. The molecule has 7 heteroatoms. The first-order valence-corrected chi connectivity index (χ1v) is 10.6. The molecule has 0 unspecified atom stereocenters. The van der Waals surface area contributed by atoms with Gasteiger partial charge in [0, 0.05) is 44.6 Å². The molecule has 0 atom stereocenters. The Balaban J connectivity index is 1.45. The quantitative estimate of drug-likeness (QED) is 0.502. The highest BCUT2D eigenvalue weighted by atomic mass is 16.5. The Morgan fingerprint density at radius 3 is 2.45 bits per heavy atom. The van der Waals surface area contributed by atoms with Gasteiger partial charge in [0.05, 0.1) is 24.1 Å². The molecule has 2 aromatic heterocycles. The predicted molar refractivity (Wildman–Crippen MR) is 121 cm³/mol. The lowest BCUT2D eigenvalue weighted by Gasteiger charge is -2.26. The summed E-state index contributed by atoms with van der Waals surface area (Å²) >= 11 is 0. The average molecular weight is 415 g/mol. The van der Waals surface area contributed by atoms with Crippen molar-refractivity contribution in [1.82, 2.24) is 19.3 Å². The number of hydrogen-bond acceptors (Lipinski definition) is 5. The Morgan fingerprint density at radius 1 is 0.968 bits per heavy atom. The Morgan fingerprint density at radius 2 is 1.71 bits per heavy atom. The third-order valence-corrected chi connectivity index (χ3v) is 5.88. The van der Waals surface area contributed by atoms with Crippen LogP contribution in [0.1, 0.15) is 5.56 Å². The van der Waals surface area contributed by atoms with Crippen LogP contribution in [-0.2, 0) is 24.8 Å². The van der Waals surface area contributed by atoms with Gasteiger partial charge in [0.2, 0.25) is 5.95 Å². The van der Waals surface area contributed by atoms with E-state index in [0.29, 0.717) is 13.2 Å². The summed E-state index contributed by atoms with van der Waals surface area (Å²) in [5.74, 6) is 0.729. The maximum atomic E-state index is 12.7. The van der Waals surface area contributed by atoms with Crippen LogP contribution in [0.25, 0.3) is 22.0 Å². The SMILES string of the molecule is Cn1c(=O)c2ccc(-c3cnc(N4CCOCC4)nc3)cc2n1CCc1ccccc1. The monoisotopic (exact) mass is 415 g/mol. The fraction of sp³-hybridized carbons (Fsp3) is 0.292. The number of hydrogen-bond donors (Lipinski definition) is 0. The first-order valence-electron chi connectivity index (χ1n) is 10.6. The summed E-state index contributed by atoms with van der Waals surface area (Å²) in [6.07, 6.45) is 4.57. The van der Waals surface area contributed by atoms with Crippen LogP contribution in [0.3, 0.4) is 0 Å². The number of aryl methyl sites for hydroxylation is 2. The first-order chi connectivity index (χ1) is 15.2. The molecule has 0 saturated carbocycles. The number of morpholine rings is 1. The summed E-state index contributed by atoms with van der Waals surface area (Å²) in [5.41, 5.74) is 4.14. The van der Waals surface area contributed by atoms with E-state index in [1.165, 1.54) is 5.56 Å². The van der Waals surface area contributed by atoms with Crippen molar-refractivity contribution in [3.63, 3.8) is 0 Å². The van der Waals surface area contributed by atoms with Crippen LogP contribution in [0.4, 0.5) is 5.95 Å². The number of anilines is 1. The van der Waals surface area contributed by atoms with Gasteiger partial charge >= 0.3 is 0 Å². The normalized spacial score (nSPS) is 14.3. The molecule has 31 heavy (non-hydrogen) atoms. The summed E-state index contributed by atoms with van der Waals surface area (Å²) < 4.78 is 9.16. The molecule has 7 nitrogen and oxygen atoms in total. The maximum absolute atomic E-state index is 12.7. The van der Waals surface area contributed by atoms with Crippen molar-refractivity contribution in [3.8, 4) is 11.1 Å². The molecule has 1 saturated heterocycles. The number of aromatic nitrogens is 4. The van der Waals surface area contributed by atoms with E-state index in [2.05, 4.69) is 37.7 Å². The Hall–Kier alpha value is -3.45. The van der Waals surface area contributed by atoms with E-state index >= 15 is 0 Å². The fourth-order valence-corrected chi connectivity index (χ4v) is 4.10. The minimum atomic E-state index is 0.0218. The molecule has 1 aliphatic rings. The minimum Gasteiger partial charge on any atom is -0.378 e. The molecular formula is C24H25N5O2. The Kier molecular flexibility index (Phi) is 5.26. The number of ether oxygens (including phenoxy) is 1. The van der Waals surface area contributed by atoms with E-state index in [1.54, 1.807) is 4.68 Å². The molecule has 1 aliphatic heterocycles. The van der Waals surface area contributed by atoms with Gasteiger partial charge in [0.1, 0.15) is 0 Å². The van der Waals surface area contributed by atoms with Gasteiger partial charge in [-0.1, -0.05) is 36.4 Å². The van der Waals surface area contributed by atoms with Gasteiger partial charge in [0.15, 0.2) is 0 Å². The highest BCUT2D eigenvalue weighted by Gasteiger charge is 2.15. The predicted octanol–water partition coefficient (Wildman–Crippen LogP) is 2.88. The summed E-state index contributed by atoms with van der Waals surface area (Å²) in [4.78, 5) is 24.0. The summed E-state index contributed by atoms with van der Waals surface area (Å²) in [6.45, 7) is 3.76. The second kappa shape index (κ2) is 8.35. The lowest BCUT2D eigenvalue weighted by molar-refractivity contribution is 0.122. The molecule has 0 aliphatic carbocycles. The molecular weight excluding hydrogens is 390 g/mol. The third kappa shape index (κ3) is 3.84. The van der Waals surface area contributed by atoms with Crippen molar-refractivity contribution in [2.45, 2.75) is 13.0 Å². The number of rotatable bonds is 5. The maximum Gasteiger partial charge on any atom is 0.274 e. The van der Waals surface area contributed by atoms with Crippen molar-refractivity contribution in [2.75, 3.05) is 31.2 Å². The van der Waals surface area contributed by atoms with Crippen molar-refractivity contribution < 1.29 is 4.74 Å². The van der Waals surface area contributed by atoms with Crippen LogP contribution in [-0.4, -0.2) is 45.6 Å². The first kappa shape index (κ1) is 19.5. The minimum absolute atomic E-state index is 0.0218. The van der Waals surface area contributed by atoms with E-state index in [-0.39, 0.29) is 5.56 Å². The third-order valence-electron chi connectivity index (χ3n) is 5.88. The molecule has 3 heterocycles. The fourth-order valence-electron chi connectivity index (χ4n) is 4.10. The van der Waals surface area contributed by atoms with Gasteiger partial charge in [-0.05, 0) is 29.7 Å². The van der Waals surface area contributed by atoms with Crippen LogP contribution in [0, 0.1) is 0 Å². The molecule has 0 bridgehead atoms. The lowest BCUT2D eigenvalue weighted by atomic mass is 10.1. The number of fused-ring (bicyclic) bond motifs is 1. The smallest absolute Gasteiger partial charge is 0.274 e. The zero-order valence-corrected chi connectivity index (χ0v) is 17.6. The van der Waals surface area contributed by atoms with Gasteiger partial charge in [-0.3, -0.25) is 14.2 Å². The molecule has 0 spiro atoms. The van der Waals surface area contributed by atoms with E-state index < -0.39 is 0 Å². The van der Waals surface area contributed by atoms with Gasteiger partial charge in [-0.2, -0.15) is 0 Å². The van der Waals surface area contributed by atoms with Crippen LogP contribution in [0.15, 0.2) is 65.7 Å². The highest BCUT2D eigenvalue weighted by molar-refractivity contribution is 5.84. The van der Waals surface area contributed by atoms with Crippen LogP contribution >= 0.6 is 0 Å². The molecule has 158 valence electrons. The molecule has 5 rings (SSSR count). The van der Waals surface area contributed by atoms with Crippen LogP contribution in [0.5, 0.6) is 0 Å². The van der Waals surface area contributed by atoms with Gasteiger partial charge in [0.25, 0.3) is 5.56 Å². The second-order valence-corrected chi connectivity index (χ2v) is 7.79. The molecule has 1 fully saturated rings. The van der Waals surface area contributed by atoms with E-state index in [4.69, 9.17) is 4.74 Å².